The summed E-state index contributed by atoms with van der Waals surface area (Å²) in [6.45, 7) is 6.66. The van der Waals surface area contributed by atoms with E-state index in [1.54, 1.807) is 0 Å². The van der Waals surface area contributed by atoms with Crippen LogP contribution < -0.4 is 0 Å². The fraction of sp³-hybridized carbons (Fsp3) is 0.267. The van der Waals surface area contributed by atoms with Gasteiger partial charge in [0.15, 0.2) is 12.0 Å². The molecular weight excluding hydrogens is 210 g/mol. The summed E-state index contributed by atoms with van der Waals surface area (Å²) in [4.78, 5) is 4.30. The summed E-state index contributed by atoms with van der Waals surface area (Å²) in [5.41, 5.74) is 3.22. The molecule has 86 valence electrons. The maximum absolute atomic E-state index is 5.45. The predicted octanol–water partition coefficient (Wildman–Crippen LogP) is 4.28. The standard InChI is InChI=1S/C15H15NO/c1-15(2,3)12-8-13-14(16-9-17-13)11-7-5-4-6-10(11)12/h4-9H,1-3H3. The Bertz CT molecular complexity index is 689. The number of aromatic nitrogens is 1. The third-order valence-corrected chi connectivity index (χ3v) is 3.15. The number of rotatable bonds is 0. The number of benzene rings is 2. The van der Waals surface area contributed by atoms with Crippen LogP contribution in [-0.2, 0) is 5.41 Å². The number of nitrogens with zero attached hydrogens (tertiary/aromatic N) is 1. The molecule has 0 saturated heterocycles. The highest BCUT2D eigenvalue weighted by atomic mass is 16.3. The lowest BCUT2D eigenvalue weighted by Gasteiger charge is -2.21. The largest absolute Gasteiger partial charge is 0.443 e. The van der Waals surface area contributed by atoms with Crippen molar-refractivity contribution in [2.75, 3.05) is 0 Å². The number of oxazole rings is 1. The van der Waals surface area contributed by atoms with Crippen molar-refractivity contribution in [3.05, 3.63) is 42.3 Å². The molecule has 0 atom stereocenters. The van der Waals surface area contributed by atoms with Crippen molar-refractivity contribution in [1.29, 1.82) is 0 Å². The van der Waals surface area contributed by atoms with Gasteiger partial charge in [-0.3, -0.25) is 0 Å². The predicted molar refractivity (Wildman–Crippen MR) is 70.2 cm³/mol. The van der Waals surface area contributed by atoms with Crippen LogP contribution >= 0.6 is 0 Å². The lowest BCUT2D eigenvalue weighted by molar-refractivity contribution is 0.584. The highest BCUT2D eigenvalue weighted by Crippen LogP contribution is 2.34. The molecule has 0 aliphatic heterocycles. The Kier molecular flexibility index (Phi) is 2.02. The highest BCUT2D eigenvalue weighted by Gasteiger charge is 2.19. The third-order valence-electron chi connectivity index (χ3n) is 3.15. The van der Waals surface area contributed by atoms with Crippen molar-refractivity contribution < 1.29 is 4.42 Å². The van der Waals surface area contributed by atoms with Gasteiger partial charge < -0.3 is 4.42 Å². The summed E-state index contributed by atoms with van der Waals surface area (Å²) >= 11 is 0. The molecule has 0 saturated carbocycles. The van der Waals surface area contributed by atoms with Crippen LogP contribution in [0.4, 0.5) is 0 Å². The van der Waals surface area contributed by atoms with Crippen LogP contribution in [0, 0.1) is 0 Å². The smallest absolute Gasteiger partial charge is 0.182 e. The first-order valence-corrected chi connectivity index (χ1v) is 5.83. The van der Waals surface area contributed by atoms with Gasteiger partial charge in [-0.2, -0.15) is 0 Å². The summed E-state index contributed by atoms with van der Waals surface area (Å²) in [7, 11) is 0. The van der Waals surface area contributed by atoms with Crippen LogP contribution in [0.3, 0.4) is 0 Å². The second-order valence-electron chi connectivity index (χ2n) is 5.42. The second kappa shape index (κ2) is 3.33. The fourth-order valence-electron chi connectivity index (χ4n) is 2.31. The van der Waals surface area contributed by atoms with Crippen molar-refractivity contribution in [1.82, 2.24) is 4.98 Å². The van der Waals surface area contributed by atoms with E-state index < -0.39 is 0 Å². The van der Waals surface area contributed by atoms with Crippen LogP contribution in [0.5, 0.6) is 0 Å². The first kappa shape index (κ1) is 10.3. The number of fused-ring (bicyclic) bond motifs is 3. The molecule has 1 heterocycles. The topological polar surface area (TPSA) is 26.0 Å². The van der Waals surface area contributed by atoms with Crippen molar-refractivity contribution in [2.45, 2.75) is 26.2 Å². The van der Waals surface area contributed by atoms with E-state index in [9.17, 15) is 0 Å². The molecule has 0 spiro atoms. The van der Waals surface area contributed by atoms with Gasteiger partial charge in [0.25, 0.3) is 0 Å². The molecule has 0 amide bonds. The van der Waals surface area contributed by atoms with Gasteiger partial charge in [0.1, 0.15) is 5.52 Å². The van der Waals surface area contributed by atoms with E-state index >= 15 is 0 Å². The molecule has 0 aliphatic rings. The molecule has 0 fully saturated rings. The first-order valence-electron chi connectivity index (χ1n) is 5.83. The van der Waals surface area contributed by atoms with Crippen LogP contribution in [-0.4, -0.2) is 4.98 Å². The van der Waals surface area contributed by atoms with Gasteiger partial charge in [-0.25, -0.2) is 4.98 Å². The molecule has 17 heavy (non-hydrogen) atoms. The van der Waals surface area contributed by atoms with E-state index in [2.05, 4.69) is 50.0 Å². The molecule has 0 radical (unpaired) electrons. The Morgan fingerprint density at radius 3 is 2.47 bits per heavy atom. The van der Waals surface area contributed by atoms with E-state index in [4.69, 9.17) is 4.42 Å². The quantitative estimate of drug-likeness (QED) is 0.570. The average Bonchev–Trinajstić information content (AvgIpc) is 2.74. The SMILES string of the molecule is CC(C)(C)c1cc2ocnc2c2ccccc12. The van der Waals surface area contributed by atoms with E-state index in [1.807, 2.05) is 6.07 Å². The van der Waals surface area contributed by atoms with E-state index in [0.29, 0.717) is 0 Å². The fourth-order valence-corrected chi connectivity index (χ4v) is 2.31. The highest BCUT2D eigenvalue weighted by molar-refractivity contribution is 6.05. The van der Waals surface area contributed by atoms with Gasteiger partial charge in [-0.05, 0) is 22.4 Å². The van der Waals surface area contributed by atoms with Gasteiger partial charge in [0, 0.05) is 5.39 Å². The van der Waals surface area contributed by atoms with Gasteiger partial charge in [-0.1, -0.05) is 45.0 Å². The Morgan fingerprint density at radius 1 is 1.06 bits per heavy atom. The summed E-state index contributed by atoms with van der Waals surface area (Å²) in [6.07, 6.45) is 1.52. The third kappa shape index (κ3) is 1.52. The maximum Gasteiger partial charge on any atom is 0.182 e. The molecule has 3 aromatic rings. The molecule has 0 unspecified atom stereocenters. The molecule has 1 aromatic heterocycles. The maximum atomic E-state index is 5.45. The molecule has 3 rings (SSSR count). The number of hydrogen-bond acceptors (Lipinski definition) is 2. The monoisotopic (exact) mass is 225 g/mol. The summed E-state index contributed by atoms with van der Waals surface area (Å²) < 4.78 is 5.45. The molecule has 0 N–H and O–H groups in total. The van der Waals surface area contributed by atoms with E-state index in [0.717, 1.165) is 11.1 Å². The Morgan fingerprint density at radius 2 is 1.76 bits per heavy atom. The minimum Gasteiger partial charge on any atom is -0.443 e. The zero-order valence-corrected chi connectivity index (χ0v) is 10.3. The summed E-state index contributed by atoms with van der Waals surface area (Å²) in [5, 5.41) is 2.44. The molecule has 0 aliphatic carbocycles. The molecule has 0 bridgehead atoms. The van der Waals surface area contributed by atoms with Crippen LogP contribution in [0.15, 0.2) is 41.1 Å². The van der Waals surface area contributed by atoms with Gasteiger partial charge in [0.2, 0.25) is 0 Å². The zero-order chi connectivity index (χ0) is 12.0. The van der Waals surface area contributed by atoms with Crippen molar-refractivity contribution >= 4 is 21.9 Å². The van der Waals surface area contributed by atoms with Crippen molar-refractivity contribution in [3.8, 4) is 0 Å². The van der Waals surface area contributed by atoms with Gasteiger partial charge in [0.05, 0.1) is 0 Å². The van der Waals surface area contributed by atoms with Crippen LogP contribution in [0.25, 0.3) is 21.9 Å². The Labute approximate surface area is 100 Å². The first-order chi connectivity index (χ1) is 8.07. The lowest BCUT2D eigenvalue weighted by atomic mass is 9.83. The lowest BCUT2D eigenvalue weighted by Crippen LogP contribution is -2.11. The number of hydrogen-bond donors (Lipinski definition) is 0. The van der Waals surface area contributed by atoms with Gasteiger partial charge >= 0.3 is 0 Å². The Balaban J connectivity index is 2.54. The van der Waals surface area contributed by atoms with E-state index in [1.165, 1.54) is 22.7 Å². The average molecular weight is 225 g/mol. The minimum atomic E-state index is 0.0978. The summed E-state index contributed by atoms with van der Waals surface area (Å²) in [5.74, 6) is 0. The molecule has 2 heteroatoms. The second-order valence-corrected chi connectivity index (χ2v) is 5.42. The van der Waals surface area contributed by atoms with Crippen molar-refractivity contribution in [2.24, 2.45) is 0 Å². The Hall–Kier alpha value is -1.83. The molecule has 2 nitrogen and oxygen atoms in total. The summed E-state index contributed by atoms with van der Waals surface area (Å²) in [6, 6.07) is 10.5. The zero-order valence-electron chi connectivity index (χ0n) is 10.3. The normalized spacial score (nSPS) is 12.4. The van der Waals surface area contributed by atoms with Crippen LogP contribution in [0.2, 0.25) is 0 Å². The minimum absolute atomic E-state index is 0.0978. The van der Waals surface area contributed by atoms with Gasteiger partial charge in [-0.15, -0.1) is 0 Å². The van der Waals surface area contributed by atoms with Crippen molar-refractivity contribution in [3.63, 3.8) is 0 Å². The molecular formula is C15H15NO. The van der Waals surface area contributed by atoms with Crippen LogP contribution in [0.1, 0.15) is 26.3 Å². The van der Waals surface area contributed by atoms with E-state index in [-0.39, 0.29) is 5.41 Å². The molecule has 2 aromatic carbocycles.